The van der Waals surface area contributed by atoms with Crippen molar-refractivity contribution >= 4 is 11.6 Å². The summed E-state index contributed by atoms with van der Waals surface area (Å²) in [5.41, 5.74) is 2.68. The van der Waals surface area contributed by atoms with E-state index < -0.39 is 0 Å². The number of hydrogen-bond acceptors (Lipinski definition) is 5. The number of hydrogen-bond donors (Lipinski definition) is 2. The van der Waals surface area contributed by atoms with E-state index in [2.05, 4.69) is 38.7 Å². The molecule has 3 rings (SSSR count). The first-order valence-corrected chi connectivity index (χ1v) is 9.39. The fourth-order valence-electron chi connectivity index (χ4n) is 3.32. The van der Waals surface area contributed by atoms with Crippen molar-refractivity contribution in [3.63, 3.8) is 0 Å². The summed E-state index contributed by atoms with van der Waals surface area (Å²) in [7, 11) is 1.76. The minimum Gasteiger partial charge on any atom is -0.368 e. The monoisotopic (exact) mass is 366 g/mol. The molecule has 0 aliphatic carbocycles. The van der Waals surface area contributed by atoms with E-state index in [1.54, 1.807) is 7.05 Å². The topological polar surface area (TPSA) is 89.5 Å². The van der Waals surface area contributed by atoms with Gasteiger partial charge in [0.1, 0.15) is 6.07 Å². The summed E-state index contributed by atoms with van der Waals surface area (Å²) in [6.07, 6.45) is 2.99. The van der Waals surface area contributed by atoms with Gasteiger partial charge < -0.3 is 20.1 Å². The van der Waals surface area contributed by atoms with E-state index >= 15 is 0 Å². The average Bonchev–Trinajstić information content (AvgIpc) is 3.19. The van der Waals surface area contributed by atoms with Crippen LogP contribution in [0.3, 0.4) is 0 Å². The number of nitrogens with one attached hydrogen (secondary N) is 2. The molecule has 0 amide bonds. The molecule has 27 heavy (non-hydrogen) atoms. The number of anilines is 1. The van der Waals surface area contributed by atoms with Gasteiger partial charge in [0, 0.05) is 32.2 Å². The van der Waals surface area contributed by atoms with E-state index in [4.69, 9.17) is 4.52 Å². The highest BCUT2D eigenvalue weighted by molar-refractivity contribution is 5.80. The third-order valence-electron chi connectivity index (χ3n) is 4.75. The van der Waals surface area contributed by atoms with Crippen LogP contribution in [-0.2, 0) is 13.0 Å². The van der Waals surface area contributed by atoms with Gasteiger partial charge in [-0.15, -0.1) is 0 Å². The van der Waals surface area contributed by atoms with Gasteiger partial charge in [-0.25, -0.2) is 0 Å². The molecule has 1 unspecified atom stereocenters. The number of aryl methyl sites for hydroxylation is 1. The molecule has 2 aromatic rings. The van der Waals surface area contributed by atoms with Crippen molar-refractivity contribution in [3.05, 3.63) is 47.3 Å². The van der Waals surface area contributed by atoms with E-state index in [1.165, 1.54) is 0 Å². The third-order valence-corrected chi connectivity index (χ3v) is 4.75. The van der Waals surface area contributed by atoms with Crippen LogP contribution >= 0.6 is 0 Å². The number of para-hydroxylation sites is 1. The van der Waals surface area contributed by atoms with Gasteiger partial charge in [-0.1, -0.05) is 24.2 Å². The highest BCUT2D eigenvalue weighted by Crippen LogP contribution is 2.23. The van der Waals surface area contributed by atoms with Crippen LogP contribution in [0.25, 0.3) is 0 Å². The molecule has 0 spiro atoms. The summed E-state index contributed by atoms with van der Waals surface area (Å²) in [4.78, 5) is 6.59. The molecule has 2 N–H and O–H groups in total. The average molecular weight is 366 g/mol. The second-order valence-electron chi connectivity index (χ2n) is 6.62. The highest BCUT2D eigenvalue weighted by atomic mass is 16.5. The van der Waals surface area contributed by atoms with E-state index in [9.17, 15) is 5.26 Å². The number of aliphatic imine (C=N–C) groups is 1. The van der Waals surface area contributed by atoms with Crippen molar-refractivity contribution in [1.82, 2.24) is 15.8 Å². The maximum absolute atomic E-state index is 9.36. The van der Waals surface area contributed by atoms with E-state index in [-0.39, 0.29) is 6.04 Å². The SMILES string of the molecule is CCc1cc(CNC(=NC)NC2CCCN(c3ccccc3C#N)C2)on1. The van der Waals surface area contributed by atoms with Crippen LogP contribution < -0.4 is 15.5 Å². The third kappa shape index (κ3) is 4.79. The summed E-state index contributed by atoms with van der Waals surface area (Å²) in [6.45, 7) is 4.39. The number of nitrogens with zero attached hydrogens (tertiary/aromatic N) is 4. The molecular weight excluding hydrogens is 340 g/mol. The molecule has 0 bridgehead atoms. The van der Waals surface area contributed by atoms with Gasteiger partial charge in [0.2, 0.25) is 0 Å². The predicted octanol–water partition coefficient (Wildman–Crippen LogP) is 2.44. The van der Waals surface area contributed by atoms with Gasteiger partial charge in [-0.2, -0.15) is 5.26 Å². The second kappa shape index (κ2) is 9.08. The first-order chi connectivity index (χ1) is 13.2. The van der Waals surface area contributed by atoms with Gasteiger partial charge in [0.05, 0.1) is 23.5 Å². The largest absolute Gasteiger partial charge is 0.368 e. The van der Waals surface area contributed by atoms with Crippen LogP contribution in [0.4, 0.5) is 5.69 Å². The lowest BCUT2D eigenvalue weighted by Crippen LogP contribution is -2.51. The van der Waals surface area contributed by atoms with Crippen LogP contribution in [0.15, 0.2) is 39.8 Å². The summed E-state index contributed by atoms with van der Waals surface area (Å²) in [5, 5.41) is 20.1. The quantitative estimate of drug-likeness (QED) is 0.624. The number of piperidine rings is 1. The molecule has 1 atom stereocenters. The van der Waals surface area contributed by atoms with Crippen molar-refractivity contribution in [3.8, 4) is 6.07 Å². The Morgan fingerprint density at radius 2 is 2.30 bits per heavy atom. The van der Waals surface area contributed by atoms with Gasteiger partial charge in [0.15, 0.2) is 11.7 Å². The molecule has 7 nitrogen and oxygen atoms in total. The highest BCUT2D eigenvalue weighted by Gasteiger charge is 2.22. The Morgan fingerprint density at radius 3 is 3.04 bits per heavy atom. The van der Waals surface area contributed by atoms with Crippen LogP contribution in [0.5, 0.6) is 0 Å². The van der Waals surface area contributed by atoms with Crippen molar-refractivity contribution in [2.45, 2.75) is 38.8 Å². The maximum Gasteiger partial charge on any atom is 0.191 e. The van der Waals surface area contributed by atoms with Gasteiger partial charge >= 0.3 is 0 Å². The summed E-state index contributed by atoms with van der Waals surface area (Å²) >= 11 is 0. The summed E-state index contributed by atoms with van der Waals surface area (Å²) < 4.78 is 5.31. The molecule has 7 heteroatoms. The number of aromatic nitrogens is 1. The number of nitriles is 1. The fraction of sp³-hybridized carbons (Fsp3) is 0.450. The number of rotatable bonds is 5. The Kier molecular flexibility index (Phi) is 6.31. The normalized spacial score (nSPS) is 17.4. The summed E-state index contributed by atoms with van der Waals surface area (Å²) in [5.74, 6) is 1.54. The first kappa shape index (κ1) is 18.8. The smallest absolute Gasteiger partial charge is 0.191 e. The van der Waals surface area contributed by atoms with Gasteiger partial charge in [0.25, 0.3) is 0 Å². The zero-order valence-corrected chi connectivity index (χ0v) is 15.9. The summed E-state index contributed by atoms with van der Waals surface area (Å²) in [6, 6.07) is 12.3. The van der Waals surface area contributed by atoms with E-state index in [0.29, 0.717) is 6.54 Å². The van der Waals surface area contributed by atoms with Crippen LogP contribution in [0.2, 0.25) is 0 Å². The molecule has 142 valence electrons. The Labute approximate surface area is 160 Å². The first-order valence-electron chi connectivity index (χ1n) is 9.39. The Hall–Kier alpha value is -3.01. The van der Waals surface area contributed by atoms with Crippen molar-refractivity contribution in [2.24, 2.45) is 4.99 Å². The van der Waals surface area contributed by atoms with Crippen molar-refractivity contribution in [1.29, 1.82) is 5.26 Å². The van der Waals surface area contributed by atoms with Crippen LogP contribution in [0, 0.1) is 11.3 Å². The Morgan fingerprint density at radius 1 is 1.44 bits per heavy atom. The number of guanidine groups is 1. The molecule has 2 heterocycles. The molecule has 0 saturated carbocycles. The lowest BCUT2D eigenvalue weighted by atomic mass is 10.0. The minimum atomic E-state index is 0.262. The molecule has 1 aromatic carbocycles. The molecule has 1 fully saturated rings. The Balaban J connectivity index is 1.58. The molecule has 1 aromatic heterocycles. The lowest BCUT2D eigenvalue weighted by Gasteiger charge is -2.35. The minimum absolute atomic E-state index is 0.262. The van der Waals surface area contributed by atoms with Crippen molar-refractivity contribution in [2.75, 3.05) is 25.0 Å². The van der Waals surface area contributed by atoms with Crippen LogP contribution in [-0.4, -0.2) is 37.3 Å². The molecule has 1 saturated heterocycles. The van der Waals surface area contributed by atoms with Gasteiger partial charge in [-0.05, 0) is 31.4 Å². The number of benzene rings is 1. The molecule has 1 aliphatic heterocycles. The maximum atomic E-state index is 9.36. The molecular formula is C20H26N6O. The lowest BCUT2D eigenvalue weighted by molar-refractivity contribution is 0.374. The Bertz CT molecular complexity index is 822. The van der Waals surface area contributed by atoms with Crippen molar-refractivity contribution < 1.29 is 4.52 Å². The standard InChI is InChI=1S/C20H26N6O/c1-3-16-11-18(27-25-16)13-23-20(22-2)24-17-8-6-10-26(14-17)19-9-5-4-7-15(19)12-21/h4-5,7,9,11,17H,3,6,8,10,13-14H2,1-2H3,(H2,22,23,24). The van der Waals surface area contributed by atoms with Gasteiger partial charge in [-0.3, -0.25) is 4.99 Å². The molecule has 0 radical (unpaired) electrons. The van der Waals surface area contributed by atoms with Crippen LogP contribution in [0.1, 0.15) is 36.8 Å². The molecule has 1 aliphatic rings. The van der Waals surface area contributed by atoms with E-state index in [0.717, 1.165) is 61.0 Å². The van der Waals surface area contributed by atoms with E-state index in [1.807, 2.05) is 30.3 Å². The zero-order chi connectivity index (χ0) is 19.1. The zero-order valence-electron chi connectivity index (χ0n) is 15.9. The fourth-order valence-corrected chi connectivity index (χ4v) is 3.32. The predicted molar refractivity (Wildman–Crippen MR) is 106 cm³/mol. The second-order valence-corrected chi connectivity index (χ2v) is 6.62.